The van der Waals surface area contributed by atoms with Crippen molar-refractivity contribution >= 4 is 34.3 Å². The predicted molar refractivity (Wildman–Crippen MR) is 141 cm³/mol. The molecule has 0 aliphatic carbocycles. The van der Waals surface area contributed by atoms with Gasteiger partial charge in [-0.25, -0.2) is 9.97 Å². The molecule has 2 aliphatic rings. The molecule has 2 saturated heterocycles. The summed E-state index contributed by atoms with van der Waals surface area (Å²) in [5, 5.41) is 0. The summed E-state index contributed by atoms with van der Waals surface area (Å²) in [7, 11) is -5.73. The summed E-state index contributed by atoms with van der Waals surface area (Å²) < 4.78 is 35.2. The van der Waals surface area contributed by atoms with E-state index in [4.69, 9.17) is 22.4 Å². The van der Waals surface area contributed by atoms with Crippen LogP contribution in [0.2, 0.25) is 22.2 Å². The van der Waals surface area contributed by atoms with Gasteiger partial charge < -0.3 is 27.4 Å². The van der Waals surface area contributed by atoms with Crippen LogP contribution in [0.1, 0.15) is 68.5 Å². The Morgan fingerprint density at radius 2 is 1.68 bits per heavy atom. The molecule has 37 heavy (non-hydrogen) atoms. The number of ether oxygens (including phenoxy) is 2. The number of hydrogen-bond acceptors (Lipinski definition) is 9. The summed E-state index contributed by atoms with van der Waals surface area (Å²) in [6.45, 7) is 18.8. The van der Waals surface area contributed by atoms with Crippen LogP contribution in [-0.2, 0) is 27.2 Å². The van der Waals surface area contributed by atoms with Crippen LogP contribution in [0.4, 0.5) is 0 Å². The Morgan fingerprint density at radius 3 is 2.24 bits per heavy atom. The molecule has 2 aromatic rings. The van der Waals surface area contributed by atoms with E-state index in [0.29, 0.717) is 5.65 Å². The smallest absolute Gasteiger partial charge is 0.335 e. The Hall–Kier alpha value is -1.91. The van der Waals surface area contributed by atoms with Crippen LogP contribution in [-0.4, -0.2) is 67.5 Å². The summed E-state index contributed by atoms with van der Waals surface area (Å²) in [5.41, 5.74) is 0.730. The molecule has 0 saturated carbocycles. The van der Waals surface area contributed by atoms with E-state index in [1.807, 2.05) is 0 Å². The van der Waals surface area contributed by atoms with Gasteiger partial charge in [-0.15, -0.1) is 0 Å². The standard InChI is InChI=1S/C24H40N4O7Si2/c1-13(2)36(14(3)4)31-10-18-20(34-37(35-36,15(5)6)16(7)8)21(32-17(9)29)24(33-18)28-12-27-19-22(28)25-11-26-23(19)30/h11-16,18,20-21,24H,10H2,1-9H3,(H,25,26,30)/t18-,20-,21-,24-/m1/s1. The molecule has 1 N–H and O–H groups in total. The largest absolute Gasteiger partial charge is 0.455 e. The molecule has 13 heteroatoms. The van der Waals surface area contributed by atoms with E-state index >= 15 is 0 Å². The molecule has 2 fully saturated rings. The molecule has 4 rings (SSSR count). The third-order valence-electron chi connectivity index (χ3n) is 7.56. The summed E-state index contributed by atoms with van der Waals surface area (Å²) in [6.07, 6.45) is 0.0320. The first-order valence-corrected chi connectivity index (χ1v) is 17.0. The van der Waals surface area contributed by atoms with Crippen molar-refractivity contribution in [1.29, 1.82) is 0 Å². The lowest BCUT2D eigenvalue weighted by Gasteiger charge is -2.51. The quantitative estimate of drug-likeness (QED) is 0.419. The van der Waals surface area contributed by atoms with Gasteiger partial charge in [0.05, 0.1) is 19.3 Å². The van der Waals surface area contributed by atoms with Gasteiger partial charge in [0.15, 0.2) is 23.5 Å². The van der Waals surface area contributed by atoms with Crippen molar-refractivity contribution in [2.45, 2.75) is 109 Å². The highest BCUT2D eigenvalue weighted by molar-refractivity contribution is 6.84. The number of aromatic amines is 1. The van der Waals surface area contributed by atoms with E-state index in [0.717, 1.165) is 0 Å². The fourth-order valence-corrected chi connectivity index (χ4v) is 16.9. The molecule has 4 heterocycles. The van der Waals surface area contributed by atoms with Gasteiger partial charge in [-0.2, -0.15) is 0 Å². The van der Waals surface area contributed by atoms with Crippen molar-refractivity contribution in [3.8, 4) is 0 Å². The SMILES string of the molecule is CC(=O)O[C@@H]1[C@@H]2O[Si](C(C)C)(C(C)C)O[Si](C(C)C)(C(C)C)OC[C@H]2O[C@H]1n1cnc2c(=O)[nH]cnc21. The minimum Gasteiger partial charge on any atom is -0.455 e. The first kappa shape index (κ1) is 28.1. The Bertz CT molecular complexity index is 1170. The van der Waals surface area contributed by atoms with Gasteiger partial charge in [0, 0.05) is 6.92 Å². The van der Waals surface area contributed by atoms with E-state index in [1.165, 1.54) is 19.6 Å². The second kappa shape index (κ2) is 10.3. The molecule has 0 bridgehead atoms. The zero-order chi connectivity index (χ0) is 27.3. The summed E-state index contributed by atoms with van der Waals surface area (Å²) in [6, 6.07) is 0. The Kier molecular flexibility index (Phi) is 7.86. The number of fused-ring (bicyclic) bond motifs is 2. The van der Waals surface area contributed by atoms with Crippen LogP contribution in [0.5, 0.6) is 0 Å². The third-order valence-corrected chi connectivity index (χ3v) is 17.8. The summed E-state index contributed by atoms with van der Waals surface area (Å²) in [5.74, 6) is -0.462. The Labute approximate surface area is 219 Å². The number of imidazole rings is 1. The first-order valence-electron chi connectivity index (χ1n) is 13.1. The van der Waals surface area contributed by atoms with Crippen molar-refractivity contribution in [1.82, 2.24) is 19.5 Å². The number of aromatic nitrogens is 4. The molecule has 0 amide bonds. The van der Waals surface area contributed by atoms with Crippen molar-refractivity contribution in [2.24, 2.45) is 0 Å². The lowest BCUT2D eigenvalue weighted by atomic mass is 10.1. The van der Waals surface area contributed by atoms with Crippen LogP contribution < -0.4 is 5.56 Å². The monoisotopic (exact) mass is 552 g/mol. The van der Waals surface area contributed by atoms with Gasteiger partial charge in [0.2, 0.25) is 0 Å². The fourth-order valence-electron chi connectivity index (χ4n) is 5.71. The molecule has 0 unspecified atom stereocenters. The van der Waals surface area contributed by atoms with Crippen LogP contribution in [0.15, 0.2) is 17.4 Å². The molecule has 0 aromatic carbocycles. The minimum absolute atomic E-state index is 0.102. The number of nitrogens with one attached hydrogen (secondary N) is 1. The molecule has 4 atom stereocenters. The number of carbonyl (C=O) groups excluding carboxylic acids is 1. The van der Waals surface area contributed by atoms with Crippen LogP contribution in [0.3, 0.4) is 0 Å². The number of carbonyl (C=O) groups is 1. The fraction of sp³-hybridized carbons (Fsp3) is 0.750. The highest BCUT2D eigenvalue weighted by Gasteiger charge is 2.62. The zero-order valence-electron chi connectivity index (χ0n) is 23.2. The number of rotatable bonds is 6. The normalized spacial score (nSPS) is 27.6. The molecule has 2 aromatic heterocycles. The maximum Gasteiger partial charge on any atom is 0.335 e. The lowest BCUT2D eigenvalue weighted by molar-refractivity contribution is -0.155. The van der Waals surface area contributed by atoms with Crippen molar-refractivity contribution in [3.05, 3.63) is 23.0 Å². The van der Waals surface area contributed by atoms with Crippen molar-refractivity contribution in [3.63, 3.8) is 0 Å². The van der Waals surface area contributed by atoms with Gasteiger partial charge >= 0.3 is 23.1 Å². The van der Waals surface area contributed by atoms with E-state index in [2.05, 4.69) is 70.3 Å². The first-order chi connectivity index (χ1) is 17.3. The molecular weight excluding hydrogens is 512 g/mol. The average Bonchev–Trinajstić information content (AvgIpc) is 3.35. The highest BCUT2D eigenvalue weighted by atomic mass is 28.5. The molecular formula is C24H40N4O7Si2. The topological polar surface area (TPSA) is 127 Å². The van der Waals surface area contributed by atoms with E-state index < -0.39 is 47.6 Å². The van der Waals surface area contributed by atoms with Gasteiger partial charge in [0.1, 0.15) is 12.2 Å². The second-order valence-electron chi connectivity index (χ2n) is 11.3. The Balaban J connectivity index is 1.85. The lowest BCUT2D eigenvalue weighted by Crippen LogP contribution is -2.66. The average molecular weight is 553 g/mol. The summed E-state index contributed by atoms with van der Waals surface area (Å²) in [4.78, 5) is 35.7. The molecule has 11 nitrogen and oxygen atoms in total. The second-order valence-corrected chi connectivity index (χ2v) is 20.1. The zero-order valence-corrected chi connectivity index (χ0v) is 25.2. The molecule has 0 radical (unpaired) electrons. The van der Waals surface area contributed by atoms with Gasteiger partial charge in [0.25, 0.3) is 5.56 Å². The molecule has 0 spiro atoms. The minimum atomic E-state index is -2.97. The van der Waals surface area contributed by atoms with E-state index in [1.54, 1.807) is 4.57 Å². The van der Waals surface area contributed by atoms with Gasteiger partial charge in [-0.1, -0.05) is 55.4 Å². The van der Waals surface area contributed by atoms with Gasteiger partial charge in [-0.05, 0) is 22.2 Å². The van der Waals surface area contributed by atoms with Crippen LogP contribution in [0.25, 0.3) is 11.2 Å². The third kappa shape index (κ3) is 4.74. The summed E-state index contributed by atoms with van der Waals surface area (Å²) >= 11 is 0. The maximum absolute atomic E-state index is 12.3. The maximum atomic E-state index is 12.3. The number of esters is 1. The number of H-pyrrole nitrogens is 1. The van der Waals surface area contributed by atoms with Gasteiger partial charge in [-0.3, -0.25) is 14.2 Å². The number of hydrogen-bond donors (Lipinski definition) is 1. The molecule has 206 valence electrons. The number of nitrogens with zero attached hydrogens (tertiary/aromatic N) is 3. The van der Waals surface area contributed by atoms with Crippen molar-refractivity contribution in [2.75, 3.05) is 6.61 Å². The Morgan fingerprint density at radius 1 is 1.05 bits per heavy atom. The van der Waals surface area contributed by atoms with Crippen molar-refractivity contribution < 1.29 is 27.2 Å². The van der Waals surface area contributed by atoms with Crippen LogP contribution in [0, 0.1) is 0 Å². The van der Waals surface area contributed by atoms with Crippen LogP contribution >= 0.6 is 0 Å². The van der Waals surface area contributed by atoms with E-state index in [-0.39, 0.29) is 39.8 Å². The van der Waals surface area contributed by atoms with E-state index in [9.17, 15) is 9.59 Å². The predicted octanol–water partition coefficient (Wildman–Crippen LogP) is 3.91. The molecule has 2 aliphatic heterocycles. The highest BCUT2D eigenvalue weighted by Crippen LogP contribution is 2.49.